The van der Waals surface area contributed by atoms with E-state index in [0.29, 0.717) is 27.3 Å². The molecule has 0 aliphatic carbocycles. The second-order valence-corrected chi connectivity index (χ2v) is 8.81. The molecule has 4 aromatic rings. The van der Waals surface area contributed by atoms with Crippen molar-refractivity contribution in [2.75, 3.05) is 5.32 Å². The molecule has 33 heavy (non-hydrogen) atoms. The molecule has 3 aromatic carbocycles. The molecule has 4 nitrogen and oxygen atoms in total. The van der Waals surface area contributed by atoms with Gasteiger partial charge in [-0.2, -0.15) is 5.26 Å². The highest BCUT2D eigenvalue weighted by Gasteiger charge is 2.14. The number of benzene rings is 3. The molecule has 1 N–H and O–H groups in total. The number of para-hydroxylation sites is 1. The van der Waals surface area contributed by atoms with Gasteiger partial charge in [-0.1, -0.05) is 65.1 Å². The van der Waals surface area contributed by atoms with Crippen LogP contribution in [-0.4, -0.2) is 10.5 Å². The van der Waals surface area contributed by atoms with E-state index in [2.05, 4.69) is 9.88 Å². The summed E-state index contributed by atoms with van der Waals surface area (Å²) in [5, 5.41) is 14.9. The summed E-state index contributed by atoms with van der Waals surface area (Å²) in [6.07, 6.45) is 3.52. The van der Waals surface area contributed by atoms with Crippen molar-refractivity contribution in [1.29, 1.82) is 5.26 Å². The van der Waals surface area contributed by atoms with Gasteiger partial charge < -0.3 is 9.88 Å². The van der Waals surface area contributed by atoms with E-state index in [9.17, 15) is 10.1 Å². The van der Waals surface area contributed by atoms with Crippen molar-refractivity contribution in [2.24, 2.45) is 0 Å². The summed E-state index contributed by atoms with van der Waals surface area (Å²) in [5.41, 5.74) is 4.12. The Hall–Kier alpha value is -3.23. The van der Waals surface area contributed by atoms with Gasteiger partial charge in [0.2, 0.25) is 0 Å². The van der Waals surface area contributed by atoms with Crippen molar-refractivity contribution < 1.29 is 4.79 Å². The Kier molecular flexibility index (Phi) is 6.76. The Labute approximate surface area is 206 Å². The number of hydrogen-bond donors (Lipinski definition) is 1. The zero-order valence-electron chi connectivity index (χ0n) is 17.6. The lowest BCUT2D eigenvalue weighted by molar-refractivity contribution is -0.112. The van der Waals surface area contributed by atoms with E-state index in [1.54, 1.807) is 24.3 Å². The van der Waals surface area contributed by atoms with Crippen LogP contribution in [0.5, 0.6) is 0 Å². The fraction of sp³-hybridized carbons (Fsp3) is 0.0769. The molecular weight excluding hydrogens is 477 g/mol. The Balaban J connectivity index is 1.69. The molecule has 0 saturated carbocycles. The highest BCUT2D eigenvalue weighted by Crippen LogP contribution is 2.27. The minimum atomic E-state index is -0.496. The predicted molar refractivity (Wildman–Crippen MR) is 136 cm³/mol. The number of aromatic nitrogens is 1. The molecule has 0 aliphatic rings. The van der Waals surface area contributed by atoms with E-state index >= 15 is 0 Å². The number of halogens is 3. The lowest BCUT2D eigenvalue weighted by atomic mass is 10.1. The van der Waals surface area contributed by atoms with Crippen molar-refractivity contribution in [3.05, 3.63) is 104 Å². The maximum absolute atomic E-state index is 12.8. The Morgan fingerprint density at radius 3 is 2.61 bits per heavy atom. The van der Waals surface area contributed by atoms with Crippen LogP contribution in [0.3, 0.4) is 0 Å². The predicted octanol–water partition coefficient (Wildman–Crippen LogP) is 7.50. The van der Waals surface area contributed by atoms with Crippen LogP contribution < -0.4 is 5.32 Å². The largest absolute Gasteiger partial charge is 0.342 e. The number of hydrogen-bond acceptors (Lipinski definition) is 2. The number of nitrogens with zero attached hydrogens (tertiary/aromatic N) is 2. The van der Waals surface area contributed by atoms with Gasteiger partial charge in [0, 0.05) is 39.9 Å². The third-order valence-electron chi connectivity index (χ3n) is 5.27. The van der Waals surface area contributed by atoms with Gasteiger partial charge in [0.15, 0.2) is 0 Å². The zero-order valence-corrected chi connectivity index (χ0v) is 19.8. The summed E-state index contributed by atoms with van der Waals surface area (Å²) in [7, 11) is 0. The first-order chi connectivity index (χ1) is 15.9. The number of rotatable bonds is 5. The van der Waals surface area contributed by atoms with Crippen molar-refractivity contribution in [3.8, 4) is 6.07 Å². The molecule has 0 aliphatic heterocycles. The molecule has 1 heterocycles. The third-order valence-corrected chi connectivity index (χ3v) is 6.24. The summed E-state index contributed by atoms with van der Waals surface area (Å²) < 4.78 is 2.05. The quantitative estimate of drug-likeness (QED) is 0.231. The number of amides is 1. The van der Waals surface area contributed by atoms with Gasteiger partial charge in [-0.25, -0.2) is 0 Å². The normalized spacial score (nSPS) is 11.4. The second-order valence-electron chi connectivity index (χ2n) is 7.56. The van der Waals surface area contributed by atoms with E-state index in [0.717, 1.165) is 27.6 Å². The lowest BCUT2D eigenvalue weighted by Gasteiger charge is -2.08. The number of anilines is 1. The summed E-state index contributed by atoms with van der Waals surface area (Å²) in [5.74, 6) is -0.496. The summed E-state index contributed by atoms with van der Waals surface area (Å²) in [6, 6.07) is 20.6. The standard InChI is InChI=1S/C26H18Cl3N3O/c1-16-6-8-20(27)12-24(16)31-26(33)18(13-30)11-19-15-32(25-5-3-2-4-21(19)25)14-17-7-9-22(28)23(29)10-17/h2-12,15H,14H2,1H3,(H,31,33)/b18-11+. The minimum absolute atomic E-state index is 0.00758. The van der Waals surface area contributed by atoms with Crippen molar-refractivity contribution in [1.82, 2.24) is 4.57 Å². The second kappa shape index (κ2) is 9.72. The maximum Gasteiger partial charge on any atom is 0.266 e. The van der Waals surface area contributed by atoms with Crippen LogP contribution in [0.25, 0.3) is 17.0 Å². The van der Waals surface area contributed by atoms with Gasteiger partial charge in [0.1, 0.15) is 11.6 Å². The maximum atomic E-state index is 12.8. The molecule has 0 unspecified atom stereocenters. The number of carbonyl (C=O) groups is 1. The third kappa shape index (κ3) is 5.07. The molecule has 0 bridgehead atoms. The van der Waals surface area contributed by atoms with Gasteiger partial charge in [-0.3, -0.25) is 4.79 Å². The van der Waals surface area contributed by atoms with Crippen LogP contribution in [0, 0.1) is 18.3 Å². The molecule has 1 aromatic heterocycles. The molecular formula is C26H18Cl3N3O. The minimum Gasteiger partial charge on any atom is -0.342 e. The molecule has 0 atom stereocenters. The Morgan fingerprint density at radius 2 is 1.85 bits per heavy atom. The average molecular weight is 495 g/mol. The number of fused-ring (bicyclic) bond motifs is 1. The number of aryl methyl sites for hydroxylation is 1. The van der Waals surface area contributed by atoms with Crippen molar-refractivity contribution in [3.63, 3.8) is 0 Å². The summed E-state index contributed by atoms with van der Waals surface area (Å²) in [4.78, 5) is 12.8. The molecule has 0 fully saturated rings. The summed E-state index contributed by atoms with van der Waals surface area (Å²) >= 11 is 18.3. The Bertz CT molecular complexity index is 1450. The molecule has 0 radical (unpaired) electrons. The molecule has 4 rings (SSSR count). The van der Waals surface area contributed by atoms with E-state index in [1.807, 2.05) is 61.7 Å². The van der Waals surface area contributed by atoms with Gasteiger partial charge in [0.05, 0.1) is 10.0 Å². The fourth-order valence-corrected chi connectivity index (χ4v) is 4.07. The number of nitrogens with one attached hydrogen (secondary N) is 1. The van der Waals surface area contributed by atoms with E-state index in [-0.39, 0.29) is 5.57 Å². The molecule has 164 valence electrons. The molecule has 1 amide bonds. The lowest BCUT2D eigenvalue weighted by Crippen LogP contribution is -2.14. The van der Waals surface area contributed by atoms with Gasteiger partial charge in [-0.15, -0.1) is 0 Å². The fourth-order valence-electron chi connectivity index (χ4n) is 3.58. The van der Waals surface area contributed by atoms with Crippen LogP contribution in [0.15, 0.2) is 72.4 Å². The SMILES string of the molecule is Cc1ccc(Cl)cc1NC(=O)/C(C#N)=C/c1cn(Cc2ccc(Cl)c(Cl)c2)c2ccccc12. The van der Waals surface area contributed by atoms with E-state index < -0.39 is 5.91 Å². The highest BCUT2D eigenvalue weighted by atomic mass is 35.5. The average Bonchev–Trinajstić information content (AvgIpc) is 3.14. The van der Waals surface area contributed by atoms with Gasteiger partial charge in [-0.05, 0) is 54.5 Å². The number of carbonyl (C=O) groups excluding carboxylic acids is 1. The van der Waals surface area contributed by atoms with Crippen LogP contribution in [0.1, 0.15) is 16.7 Å². The van der Waals surface area contributed by atoms with Gasteiger partial charge >= 0.3 is 0 Å². The van der Waals surface area contributed by atoms with Crippen molar-refractivity contribution >= 4 is 63.4 Å². The first-order valence-corrected chi connectivity index (χ1v) is 11.2. The molecule has 0 saturated heterocycles. The molecule has 0 spiro atoms. The number of nitriles is 1. The van der Waals surface area contributed by atoms with Crippen LogP contribution in [0.2, 0.25) is 15.1 Å². The monoisotopic (exact) mass is 493 g/mol. The molecule has 7 heteroatoms. The van der Waals surface area contributed by atoms with E-state index in [1.165, 1.54) is 0 Å². The topological polar surface area (TPSA) is 57.8 Å². The first kappa shape index (κ1) is 22.9. The van der Waals surface area contributed by atoms with Crippen molar-refractivity contribution in [2.45, 2.75) is 13.5 Å². The highest BCUT2D eigenvalue weighted by molar-refractivity contribution is 6.42. The van der Waals surface area contributed by atoms with Crippen LogP contribution in [0.4, 0.5) is 5.69 Å². The van der Waals surface area contributed by atoms with Crippen LogP contribution >= 0.6 is 34.8 Å². The van der Waals surface area contributed by atoms with Gasteiger partial charge in [0.25, 0.3) is 5.91 Å². The van der Waals surface area contributed by atoms with Crippen LogP contribution in [-0.2, 0) is 11.3 Å². The zero-order chi connectivity index (χ0) is 23.5. The van der Waals surface area contributed by atoms with E-state index in [4.69, 9.17) is 34.8 Å². The first-order valence-electron chi connectivity index (χ1n) is 10.1. The Morgan fingerprint density at radius 1 is 1.06 bits per heavy atom. The smallest absolute Gasteiger partial charge is 0.266 e. The summed E-state index contributed by atoms with van der Waals surface area (Å²) in [6.45, 7) is 2.42.